The molecule has 0 N–H and O–H groups in total. The van der Waals surface area contributed by atoms with Crippen LogP contribution in [0.3, 0.4) is 0 Å². The van der Waals surface area contributed by atoms with Crippen molar-refractivity contribution in [3.05, 3.63) is 166 Å². The summed E-state index contributed by atoms with van der Waals surface area (Å²) in [6.07, 6.45) is 0. The van der Waals surface area contributed by atoms with Crippen LogP contribution in [0.5, 0.6) is 0 Å². The van der Waals surface area contributed by atoms with Crippen molar-refractivity contribution in [2.24, 2.45) is 0 Å². The first-order valence-electron chi connectivity index (χ1n) is 19.3. The molecule has 0 unspecified atom stereocenters. The minimum atomic E-state index is -0.0628. The van der Waals surface area contributed by atoms with Crippen LogP contribution in [-0.4, -0.2) is 0 Å². The summed E-state index contributed by atoms with van der Waals surface area (Å²) in [4.78, 5) is 0. The van der Waals surface area contributed by atoms with E-state index in [1.807, 2.05) is 0 Å². The van der Waals surface area contributed by atoms with Crippen LogP contribution in [0.4, 0.5) is 0 Å². The van der Waals surface area contributed by atoms with Gasteiger partial charge in [0.2, 0.25) is 0 Å². The molecular formula is C53H44. The SMILES string of the molecule is Cc1cc2c3c(c1)c1ccc(-c4ccc5c(c4)-c4cc(-c6ccc7c(c6)-c6ccccc6C7(C)C)ccc4C5(C)C)cc1c1cc(C)cc(c13)C2(C)C. The van der Waals surface area contributed by atoms with Crippen LogP contribution in [-0.2, 0) is 16.2 Å². The largest absolute Gasteiger partial charge is 0.0619 e. The Balaban J connectivity index is 1.08. The molecule has 8 aromatic carbocycles. The van der Waals surface area contributed by atoms with Crippen molar-refractivity contribution in [2.45, 2.75) is 71.6 Å². The molecule has 0 amide bonds. The van der Waals surface area contributed by atoms with Gasteiger partial charge < -0.3 is 0 Å². The zero-order valence-electron chi connectivity index (χ0n) is 32.0. The lowest BCUT2D eigenvalue weighted by Crippen LogP contribution is -2.15. The molecule has 11 rings (SSSR count). The highest BCUT2D eigenvalue weighted by atomic mass is 14.4. The number of rotatable bonds is 2. The van der Waals surface area contributed by atoms with Crippen LogP contribution in [0.2, 0.25) is 0 Å². The Morgan fingerprint density at radius 2 is 0.698 bits per heavy atom. The molecule has 53 heavy (non-hydrogen) atoms. The summed E-state index contributed by atoms with van der Waals surface area (Å²) in [5.41, 5.74) is 21.8. The van der Waals surface area contributed by atoms with Crippen molar-refractivity contribution >= 4 is 32.3 Å². The van der Waals surface area contributed by atoms with Gasteiger partial charge in [0.1, 0.15) is 0 Å². The first-order chi connectivity index (χ1) is 25.3. The molecule has 256 valence electrons. The van der Waals surface area contributed by atoms with E-state index >= 15 is 0 Å². The van der Waals surface area contributed by atoms with Gasteiger partial charge in [0.05, 0.1) is 0 Å². The van der Waals surface area contributed by atoms with Crippen LogP contribution < -0.4 is 0 Å². The fraction of sp³-hybridized carbons (Fsp3) is 0.208. The average molecular weight is 681 g/mol. The van der Waals surface area contributed by atoms with Gasteiger partial charge in [-0.2, -0.15) is 0 Å². The Labute approximate surface area is 313 Å². The lowest BCUT2D eigenvalue weighted by Gasteiger charge is -2.22. The molecule has 0 aliphatic heterocycles. The van der Waals surface area contributed by atoms with E-state index in [2.05, 4.69) is 177 Å². The Morgan fingerprint density at radius 1 is 0.302 bits per heavy atom. The number of aryl methyl sites for hydroxylation is 2. The maximum atomic E-state index is 2.48. The molecule has 8 aromatic rings. The van der Waals surface area contributed by atoms with Crippen LogP contribution in [0.15, 0.2) is 121 Å². The third-order valence-electron chi connectivity index (χ3n) is 13.7. The van der Waals surface area contributed by atoms with Crippen molar-refractivity contribution in [2.75, 3.05) is 0 Å². The van der Waals surface area contributed by atoms with E-state index in [-0.39, 0.29) is 16.2 Å². The normalized spacial score (nSPS) is 16.4. The van der Waals surface area contributed by atoms with Gasteiger partial charge in [-0.1, -0.05) is 150 Å². The van der Waals surface area contributed by atoms with Gasteiger partial charge in [0.25, 0.3) is 0 Å². The van der Waals surface area contributed by atoms with Gasteiger partial charge in [-0.3, -0.25) is 0 Å². The first-order valence-corrected chi connectivity index (χ1v) is 19.3. The molecule has 0 atom stereocenters. The van der Waals surface area contributed by atoms with E-state index < -0.39 is 0 Å². The van der Waals surface area contributed by atoms with Crippen molar-refractivity contribution in [1.29, 1.82) is 0 Å². The lowest BCUT2D eigenvalue weighted by atomic mass is 9.81. The van der Waals surface area contributed by atoms with Gasteiger partial charge >= 0.3 is 0 Å². The summed E-state index contributed by atoms with van der Waals surface area (Å²) in [6.45, 7) is 18.8. The molecule has 0 fully saturated rings. The molecule has 0 bridgehead atoms. The number of benzene rings is 8. The van der Waals surface area contributed by atoms with Gasteiger partial charge in [0, 0.05) is 16.2 Å². The standard InChI is InChI=1S/C53H44/c1-29-21-41-35-17-13-31(25-37(35)42-22-30(2)24-48-50(42)49(41)47(23-29)53(48,7)8)33-15-19-45-39(27-33)40-28-34(16-20-46(40)52(45,5)6)32-14-18-44-38(26-32)36-11-9-10-12-43(36)51(44,3)4/h9-28H,1-8H3. The summed E-state index contributed by atoms with van der Waals surface area (Å²) >= 11 is 0. The summed E-state index contributed by atoms with van der Waals surface area (Å²) in [7, 11) is 0. The predicted octanol–water partition coefficient (Wildman–Crippen LogP) is 14.3. The second-order valence-corrected chi connectivity index (χ2v) is 17.9. The third kappa shape index (κ3) is 3.92. The quantitative estimate of drug-likeness (QED) is 0.159. The van der Waals surface area contributed by atoms with E-state index in [4.69, 9.17) is 0 Å². The van der Waals surface area contributed by atoms with E-state index in [1.165, 1.54) is 121 Å². The average Bonchev–Trinajstić information content (AvgIpc) is 3.62. The Hall–Kier alpha value is -5.46. The Bertz CT molecular complexity index is 2980. The summed E-state index contributed by atoms with van der Waals surface area (Å²) in [6, 6.07) is 47.4. The summed E-state index contributed by atoms with van der Waals surface area (Å²) < 4.78 is 0. The van der Waals surface area contributed by atoms with Gasteiger partial charge in [-0.25, -0.2) is 0 Å². The highest BCUT2D eigenvalue weighted by molar-refractivity contribution is 6.29. The van der Waals surface area contributed by atoms with Gasteiger partial charge in [0.15, 0.2) is 0 Å². The minimum Gasteiger partial charge on any atom is -0.0619 e. The van der Waals surface area contributed by atoms with Crippen LogP contribution in [0, 0.1) is 13.8 Å². The molecule has 0 nitrogen and oxygen atoms in total. The summed E-state index contributed by atoms with van der Waals surface area (Å²) in [5.74, 6) is 0. The molecule has 0 heterocycles. The molecule has 3 aliphatic carbocycles. The maximum Gasteiger partial charge on any atom is 0.0159 e. The van der Waals surface area contributed by atoms with Crippen LogP contribution in [0.1, 0.15) is 86.1 Å². The van der Waals surface area contributed by atoms with Crippen molar-refractivity contribution in [3.63, 3.8) is 0 Å². The van der Waals surface area contributed by atoms with E-state index in [0.29, 0.717) is 0 Å². The topological polar surface area (TPSA) is 0 Å². The zero-order chi connectivity index (χ0) is 36.3. The van der Waals surface area contributed by atoms with Crippen LogP contribution in [0.25, 0.3) is 76.8 Å². The summed E-state index contributed by atoms with van der Waals surface area (Å²) in [5, 5.41) is 8.39. The molecular weight excluding hydrogens is 637 g/mol. The molecule has 0 saturated carbocycles. The molecule has 0 saturated heterocycles. The van der Waals surface area contributed by atoms with E-state index in [0.717, 1.165) is 0 Å². The molecule has 0 heteroatoms. The second-order valence-electron chi connectivity index (χ2n) is 17.9. The number of hydrogen-bond donors (Lipinski definition) is 0. The van der Waals surface area contributed by atoms with Crippen molar-refractivity contribution in [1.82, 2.24) is 0 Å². The van der Waals surface area contributed by atoms with Crippen molar-refractivity contribution < 1.29 is 0 Å². The smallest absolute Gasteiger partial charge is 0.0159 e. The van der Waals surface area contributed by atoms with Crippen LogP contribution >= 0.6 is 0 Å². The Kier molecular flexibility index (Phi) is 5.83. The zero-order valence-corrected chi connectivity index (χ0v) is 32.0. The fourth-order valence-electron chi connectivity index (χ4n) is 10.9. The fourth-order valence-corrected chi connectivity index (χ4v) is 10.9. The molecule has 0 spiro atoms. The predicted molar refractivity (Wildman–Crippen MR) is 227 cm³/mol. The Morgan fingerprint density at radius 3 is 1.23 bits per heavy atom. The van der Waals surface area contributed by atoms with E-state index in [9.17, 15) is 0 Å². The van der Waals surface area contributed by atoms with Crippen molar-refractivity contribution in [3.8, 4) is 44.5 Å². The van der Waals surface area contributed by atoms with Gasteiger partial charge in [-0.15, -0.1) is 0 Å². The number of hydrogen-bond acceptors (Lipinski definition) is 0. The highest BCUT2D eigenvalue weighted by Gasteiger charge is 2.38. The lowest BCUT2D eigenvalue weighted by molar-refractivity contribution is 0.660. The highest BCUT2D eigenvalue weighted by Crippen LogP contribution is 2.54. The second kappa shape index (κ2) is 9.94. The van der Waals surface area contributed by atoms with Gasteiger partial charge in [-0.05, 0) is 148 Å². The first kappa shape index (κ1) is 31.1. The molecule has 0 radical (unpaired) electrons. The molecule has 0 aromatic heterocycles. The van der Waals surface area contributed by atoms with E-state index in [1.54, 1.807) is 0 Å². The number of fused-ring (bicyclic) bond motifs is 9. The minimum absolute atomic E-state index is 0.0136. The maximum absolute atomic E-state index is 2.48. The third-order valence-corrected chi connectivity index (χ3v) is 13.7. The molecule has 3 aliphatic rings. The monoisotopic (exact) mass is 680 g/mol.